The van der Waals surface area contributed by atoms with Crippen molar-refractivity contribution in [2.45, 2.75) is 20.5 Å². The quantitative estimate of drug-likeness (QED) is 0.782. The molecule has 0 spiro atoms. The predicted octanol–water partition coefficient (Wildman–Crippen LogP) is 4.67. The molecule has 18 heavy (non-hydrogen) atoms. The van der Waals surface area contributed by atoms with E-state index in [1.807, 2.05) is 25.1 Å². The second-order valence-corrected chi connectivity index (χ2v) is 4.70. The van der Waals surface area contributed by atoms with Crippen LogP contribution in [0.1, 0.15) is 16.7 Å². The Bertz CT molecular complexity index is 566. The average molecular weight is 265 g/mol. The van der Waals surface area contributed by atoms with Gasteiger partial charge in [-0.05, 0) is 37.1 Å². The second kappa shape index (κ2) is 5.40. The van der Waals surface area contributed by atoms with Gasteiger partial charge in [0.05, 0.1) is 0 Å². The van der Waals surface area contributed by atoms with E-state index < -0.39 is 0 Å². The maximum absolute atomic E-state index is 13.3. The smallest absolute Gasteiger partial charge is 0.129 e. The van der Waals surface area contributed by atoms with E-state index in [1.165, 1.54) is 6.07 Å². The third-order valence-electron chi connectivity index (χ3n) is 2.75. The molecule has 0 aliphatic heterocycles. The zero-order valence-corrected chi connectivity index (χ0v) is 11.1. The van der Waals surface area contributed by atoms with Crippen LogP contribution in [0.15, 0.2) is 36.4 Å². The van der Waals surface area contributed by atoms with E-state index in [2.05, 4.69) is 0 Å². The van der Waals surface area contributed by atoms with Gasteiger partial charge in [-0.2, -0.15) is 0 Å². The van der Waals surface area contributed by atoms with Crippen LogP contribution in [0, 0.1) is 19.7 Å². The van der Waals surface area contributed by atoms with E-state index in [0.717, 1.165) is 11.1 Å². The van der Waals surface area contributed by atoms with E-state index in [0.29, 0.717) is 22.9 Å². The molecule has 2 rings (SSSR count). The molecule has 3 heteroatoms. The maximum atomic E-state index is 13.3. The lowest BCUT2D eigenvalue weighted by molar-refractivity contribution is 0.304. The zero-order valence-electron chi connectivity index (χ0n) is 10.3. The second-order valence-electron chi connectivity index (χ2n) is 4.29. The van der Waals surface area contributed by atoms with Gasteiger partial charge >= 0.3 is 0 Å². The van der Waals surface area contributed by atoms with Crippen LogP contribution in [0.2, 0.25) is 5.02 Å². The van der Waals surface area contributed by atoms with Gasteiger partial charge in [0.2, 0.25) is 0 Å². The minimum atomic E-state index is -0.262. The molecule has 2 aromatic carbocycles. The van der Waals surface area contributed by atoms with Crippen molar-refractivity contribution >= 4 is 11.6 Å². The fraction of sp³-hybridized carbons (Fsp3) is 0.200. The molecule has 2 aromatic rings. The Hall–Kier alpha value is -1.54. The van der Waals surface area contributed by atoms with Gasteiger partial charge in [0.25, 0.3) is 0 Å². The Morgan fingerprint density at radius 2 is 1.89 bits per heavy atom. The van der Waals surface area contributed by atoms with Crippen LogP contribution in [-0.4, -0.2) is 0 Å². The van der Waals surface area contributed by atoms with Crippen LogP contribution in [0.25, 0.3) is 0 Å². The van der Waals surface area contributed by atoms with Crippen molar-refractivity contribution in [1.82, 2.24) is 0 Å². The van der Waals surface area contributed by atoms with Crippen molar-refractivity contribution in [3.05, 3.63) is 63.9 Å². The molecule has 0 radical (unpaired) electrons. The molecular formula is C15H14ClFO. The molecule has 0 saturated carbocycles. The standard InChI is InChI=1S/C15H14ClFO/c1-10-3-5-12(14(16)7-10)9-18-13-6-4-11(2)15(17)8-13/h3-8H,9H2,1-2H3. The molecule has 0 aromatic heterocycles. The van der Waals surface area contributed by atoms with Crippen molar-refractivity contribution in [2.24, 2.45) is 0 Å². The number of benzene rings is 2. The fourth-order valence-corrected chi connectivity index (χ4v) is 1.88. The maximum Gasteiger partial charge on any atom is 0.129 e. The lowest BCUT2D eigenvalue weighted by Gasteiger charge is -2.09. The average Bonchev–Trinajstić information content (AvgIpc) is 2.32. The summed E-state index contributed by atoms with van der Waals surface area (Å²) in [6, 6.07) is 10.6. The summed E-state index contributed by atoms with van der Waals surface area (Å²) in [5.41, 5.74) is 2.60. The number of aryl methyl sites for hydroxylation is 2. The topological polar surface area (TPSA) is 9.23 Å². The van der Waals surface area contributed by atoms with Crippen LogP contribution in [-0.2, 0) is 6.61 Å². The Labute approximate surface area is 111 Å². The summed E-state index contributed by atoms with van der Waals surface area (Å²) >= 11 is 6.10. The van der Waals surface area contributed by atoms with Gasteiger partial charge in [-0.3, -0.25) is 0 Å². The highest BCUT2D eigenvalue weighted by molar-refractivity contribution is 6.31. The molecule has 0 fully saturated rings. The summed E-state index contributed by atoms with van der Waals surface area (Å²) in [5, 5.41) is 0.669. The highest BCUT2D eigenvalue weighted by atomic mass is 35.5. The first-order chi connectivity index (χ1) is 8.56. The summed E-state index contributed by atoms with van der Waals surface area (Å²) < 4.78 is 18.9. The zero-order chi connectivity index (χ0) is 13.1. The summed E-state index contributed by atoms with van der Waals surface area (Å²) in [7, 11) is 0. The number of hydrogen-bond donors (Lipinski definition) is 0. The predicted molar refractivity (Wildman–Crippen MR) is 71.7 cm³/mol. The third kappa shape index (κ3) is 3.02. The molecule has 0 unspecified atom stereocenters. The normalized spacial score (nSPS) is 10.4. The van der Waals surface area contributed by atoms with Gasteiger partial charge in [-0.1, -0.05) is 29.8 Å². The molecule has 94 valence electrons. The van der Waals surface area contributed by atoms with Crippen LogP contribution >= 0.6 is 11.6 Å². The number of halogens is 2. The summed E-state index contributed by atoms with van der Waals surface area (Å²) in [4.78, 5) is 0. The van der Waals surface area contributed by atoms with E-state index in [4.69, 9.17) is 16.3 Å². The summed E-state index contributed by atoms with van der Waals surface area (Å²) in [6.07, 6.45) is 0. The minimum Gasteiger partial charge on any atom is -0.489 e. The molecule has 0 aliphatic carbocycles. The Morgan fingerprint density at radius 3 is 2.56 bits per heavy atom. The molecule has 0 atom stereocenters. The molecule has 0 heterocycles. The number of rotatable bonds is 3. The highest BCUT2D eigenvalue weighted by Gasteiger charge is 2.03. The molecule has 0 aliphatic rings. The van der Waals surface area contributed by atoms with E-state index >= 15 is 0 Å². The van der Waals surface area contributed by atoms with Crippen LogP contribution in [0.3, 0.4) is 0 Å². The fourth-order valence-electron chi connectivity index (χ4n) is 1.59. The van der Waals surface area contributed by atoms with Gasteiger partial charge in [-0.15, -0.1) is 0 Å². The van der Waals surface area contributed by atoms with Gasteiger partial charge in [-0.25, -0.2) is 4.39 Å². The van der Waals surface area contributed by atoms with Crippen LogP contribution in [0.5, 0.6) is 5.75 Å². The SMILES string of the molecule is Cc1ccc(COc2ccc(C)c(F)c2)c(Cl)c1. The van der Waals surface area contributed by atoms with E-state index in [9.17, 15) is 4.39 Å². The van der Waals surface area contributed by atoms with Gasteiger partial charge in [0, 0.05) is 16.7 Å². The first-order valence-corrected chi connectivity index (χ1v) is 6.08. The monoisotopic (exact) mass is 264 g/mol. The Kier molecular flexibility index (Phi) is 3.87. The third-order valence-corrected chi connectivity index (χ3v) is 3.10. The molecule has 1 nitrogen and oxygen atoms in total. The van der Waals surface area contributed by atoms with Gasteiger partial charge < -0.3 is 4.74 Å². The molecule has 0 amide bonds. The molecule has 0 bridgehead atoms. The number of ether oxygens (including phenoxy) is 1. The molecule has 0 saturated heterocycles. The molecular weight excluding hydrogens is 251 g/mol. The largest absolute Gasteiger partial charge is 0.489 e. The van der Waals surface area contributed by atoms with Crippen molar-refractivity contribution in [3.8, 4) is 5.75 Å². The van der Waals surface area contributed by atoms with Crippen molar-refractivity contribution in [2.75, 3.05) is 0 Å². The number of hydrogen-bond acceptors (Lipinski definition) is 1. The Morgan fingerprint density at radius 1 is 1.11 bits per heavy atom. The summed E-state index contributed by atoms with van der Waals surface area (Å²) in [5.74, 6) is 0.247. The lowest BCUT2D eigenvalue weighted by Crippen LogP contribution is -1.97. The minimum absolute atomic E-state index is 0.262. The van der Waals surface area contributed by atoms with Gasteiger partial charge in [0.15, 0.2) is 0 Å². The van der Waals surface area contributed by atoms with Crippen molar-refractivity contribution in [3.63, 3.8) is 0 Å². The van der Waals surface area contributed by atoms with Crippen molar-refractivity contribution in [1.29, 1.82) is 0 Å². The molecule has 0 N–H and O–H groups in total. The Balaban J connectivity index is 2.09. The van der Waals surface area contributed by atoms with E-state index in [-0.39, 0.29) is 5.82 Å². The van der Waals surface area contributed by atoms with Crippen molar-refractivity contribution < 1.29 is 9.13 Å². The first-order valence-electron chi connectivity index (χ1n) is 5.70. The lowest BCUT2D eigenvalue weighted by atomic mass is 10.1. The summed E-state index contributed by atoms with van der Waals surface area (Å²) in [6.45, 7) is 4.03. The highest BCUT2D eigenvalue weighted by Crippen LogP contribution is 2.21. The van der Waals surface area contributed by atoms with Crippen LogP contribution < -0.4 is 4.74 Å². The first kappa shape index (κ1) is 12.9. The van der Waals surface area contributed by atoms with Crippen LogP contribution in [0.4, 0.5) is 4.39 Å². The van der Waals surface area contributed by atoms with Gasteiger partial charge in [0.1, 0.15) is 18.2 Å². The van der Waals surface area contributed by atoms with E-state index in [1.54, 1.807) is 19.1 Å².